The number of hydrogen-bond acceptors (Lipinski definition) is 7. The van der Waals surface area contributed by atoms with Crippen molar-refractivity contribution in [1.82, 2.24) is 4.57 Å². The number of hydroxylamine groups is 1. The van der Waals surface area contributed by atoms with E-state index in [0.29, 0.717) is 34.3 Å². The first-order valence-corrected chi connectivity index (χ1v) is 13.8. The highest BCUT2D eigenvalue weighted by atomic mass is 35.5. The lowest BCUT2D eigenvalue weighted by Gasteiger charge is -2.28. The van der Waals surface area contributed by atoms with Gasteiger partial charge in [-0.25, -0.2) is 9.96 Å². The lowest BCUT2D eigenvalue weighted by Crippen LogP contribution is -2.37. The summed E-state index contributed by atoms with van der Waals surface area (Å²) in [5.41, 5.74) is 1.68. The third-order valence-electron chi connectivity index (χ3n) is 6.76. The number of para-hydroxylation sites is 2. The zero-order chi connectivity index (χ0) is 27.1. The molecule has 0 N–H and O–H groups in total. The maximum atomic E-state index is 13.9. The fraction of sp³-hybridized carbons (Fsp3) is 0.207. The molecule has 2 saturated heterocycles. The van der Waals surface area contributed by atoms with E-state index < -0.39 is 29.9 Å². The van der Waals surface area contributed by atoms with Gasteiger partial charge in [-0.05, 0) is 55.0 Å². The van der Waals surface area contributed by atoms with E-state index in [1.165, 1.54) is 9.63 Å². The molecule has 39 heavy (non-hydrogen) atoms. The molecular weight excluding hydrogens is 538 g/mol. The first kappa shape index (κ1) is 25.4. The van der Waals surface area contributed by atoms with E-state index >= 15 is 0 Å². The van der Waals surface area contributed by atoms with Crippen LogP contribution in [0.4, 0.5) is 11.4 Å². The predicted molar refractivity (Wildman–Crippen MR) is 150 cm³/mol. The molecule has 0 bridgehead atoms. The van der Waals surface area contributed by atoms with Gasteiger partial charge in [-0.15, -0.1) is 0 Å². The van der Waals surface area contributed by atoms with Gasteiger partial charge in [0.05, 0.1) is 28.5 Å². The molecule has 2 aliphatic heterocycles. The van der Waals surface area contributed by atoms with Gasteiger partial charge in [-0.3, -0.25) is 23.8 Å². The summed E-state index contributed by atoms with van der Waals surface area (Å²) in [6, 6.07) is 24.3. The Hall–Kier alpha value is -3.92. The highest BCUT2D eigenvalue weighted by molar-refractivity contribution is 7.10. The van der Waals surface area contributed by atoms with Crippen LogP contribution >= 0.6 is 22.9 Å². The van der Waals surface area contributed by atoms with Gasteiger partial charge in [0.2, 0.25) is 5.91 Å². The lowest BCUT2D eigenvalue weighted by atomic mass is 9.95. The van der Waals surface area contributed by atoms with E-state index in [-0.39, 0.29) is 10.0 Å². The molecule has 3 atom stereocenters. The molecule has 8 nitrogen and oxygen atoms in total. The molecule has 10 heteroatoms. The molecule has 2 aliphatic rings. The highest BCUT2D eigenvalue weighted by Crippen LogP contribution is 2.50. The van der Waals surface area contributed by atoms with E-state index in [1.807, 2.05) is 55.5 Å². The molecule has 0 spiro atoms. The number of anilines is 2. The molecular formula is C29H24ClN3O5S. The second-order valence-electron chi connectivity index (χ2n) is 9.21. The van der Waals surface area contributed by atoms with Gasteiger partial charge < -0.3 is 4.74 Å². The molecule has 3 heterocycles. The molecule has 6 rings (SSSR count). The van der Waals surface area contributed by atoms with Crippen LogP contribution < -0.4 is 19.6 Å². The van der Waals surface area contributed by atoms with E-state index in [0.717, 1.165) is 22.7 Å². The van der Waals surface area contributed by atoms with Crippen molar-refractivity contribution in [1.29, 1.82) is 0 Å². The van der Waals surface area contributed by atoms with Crippen LogP contribution in [0.2, 0.25) is 5.15 Å². The van der Waals surface area contributed by atoms with Gasteiger partial charge >= 0.3 is 4.87 Å². The van der Waals surface area contributed by atoms with E-state index in [9.17, 15) is 14.4 Å². The van der Waals surface area contributed by atoms with Crippen LogP contribution in [-0.2, 0) is 14.4 Å². The molecule has 3 aromatic carbocycles. The average molecular weight is 562 g/mol. The summed E-state index contributed by atoms with van der Waals surface area (Å²) in [6.07, 6.45) is -0.206. The molecule has 2 fully saturated rings. The number of ether oxygens (including phenoxy) is 1. The summed E-state index contributed by atoms with van der Waals surface area (Å²) < 4.78 is 7.05. The summed E-state index contributed by atoms with van der Waals surface area (Å²) in [6.45, 7) is 2.59. The van der Waals surface area contributed by atoms with Gasteiger partial charge in [0.15, 0.2) is 6.10 Å². The standard InChI is InChI=1S/C29H24ClN3O5S/c1-2-17-37-21-15-13-19(14-16-21)32-27(34)22-23(33(38-24(22)28(32)35)20-11-7-4-8-12-20)25-26(30)31(29(36)39-25)18-9-5-3-6-10-18/h3-16,22-24H,2,17H2,1H3/t22-,23+,24+/m0/s1. The Balaban J connectivity index is 1.42. The minimum absolute atomic E-state index is 0.183. The van der Waals surface area contributed by atoms with Crippen molar-refractivity contribution in [3.8, 4) is 11.4 Å². The van der Waals surface area contributed by atoms with Crippen molar-refractivity contribution in [3.05, 3.63) is 105 Å². The van der Waals surface area contributed by atoms with Crippen LogP contribution in [0.3, 0.4) is 0 Å². The summed E-state index contributed by atoms with van der Waals surface area (Å²) in [4.78, 5) is 48.2. The Morgan fingerprint density at radius 1 is 0.846 bits per heavy atom. The van der Waals surface area contributed by atoms with E-state index in [1.54, 1.807) is 36.4 Å². The number of imide groups is 1. The summed E-state index contributed by atoms with van der Waals surface area (Å²) in [5, 5.41) is 1.72. The molecule has 2 amide bonds. The van der Waals surface area contributed by atoms with Gasteiger partial charge in [-0.1, -0.05) is 66.3 Å². The van der Waals surface area contributed by atoms with Crippen molar-refractivity contribution in [2.45, 2.75) is 25.5 Å². The van der Waals surface area contributed by atoms with Crippen molar-refractivity contribution >= 4 is 46.1 Å². The van der Waals surface area contributed by atoms with E-state index in [4.69, 9.17) is 21.2 Å². The number of carbonyl (C=O) groups is 2. The summed E-state index contributed by atoms with van der Waals surface area (Å²) in [5.74, 6) is -1.14. The van der Waals surface area contributed by atoms with Crippen LogP contribution in [0.15, 0.2) is 89.7 Å². The molecule has 1 aromatic heterocycles. The Morgan fingerprint density at radius 2 is 1.49 bits per heavy atom. The lowest BCUT2D eigenvalue weighted by molar-refractivity contribution is -0.126. The van der Waals surface area contributed by atoms with Crippen molar-refractivity contribution < 1.29 is 19.2 Å². The van der Waals surface area contributed by atoms with Crippen LogP contribution in [0, 0.1) is 5.92 Å². The number of benzene rings is 3. The largest absolute Gasteiger partial charge is 0.494 e. The summed E-state index contributed by atoms with van der Waals surface area (Å²) in [7, 11) is 0. The number of amides is 2. The fourth-order valence-corrected chi connectivity index (χ4v) is 6.46. The quantitative estimate of drug-likeness (QED) is 0.281. The van der Waals surface area contributed by atoms with Crippen LogP contribution in [0.1, 0.15) is 24.3 Å². The topological polar surface area (TPSA) is 81.1 Å². The van der Waals surface area contributed by atoms with Crippen LogP contribution in [-0.4, -0.2) is 29.1 Å². The number of rotatable bonds is 7. The zero-order valence-electron chi connectivity index (χ0n) is 20.9. The molecule has 0 saturated carbocycles. The molecule has 0 unspecified atom stereocenters. The van der Waals surface area contributed by atoms with E-state index in [2.05, 4.69) is 0 Å². The second-order valence-corrected chi connectivity index (χ2v) is 10.6. The number of fused-ring (bicyclic) bond motifs is 1. The van der Waals surface area contributed by atoms with Crippen LogP contribution in [0.25, 0.3) is 5.69 Å². The molecule has 0 aliphatic carbocycles. The van der Waals surface area contributed by atoms with Crippen molar-refractivity contribution in [3.63, 3.8) is 0 Å². The van der Waals surface area contributed by atoms with Gasteiger partial charge in [0, 0.05) is 0 Å². The third-order valence-corrected chi connectivity index (χ3v) is 8.25. The Kier molecular flexibility index (Phi) is 6.72. The maximum Gasteiger partial charge on any atom is 0.313 e. The molecule has 4 aromatic rings. The number of thiazole rings is 1. The Morgan fingerprint density at radius 3 is 2.13 bits per heavy atom. The number of aromatic nitrogens is 1. The third kappa shape index (κ3) is 4.32. The van der Waals surface area contributed by atoms with Crippen molar-refractivity contribution in [2.75, 3.05) is 16.6 Å². The van der Waals surface area contributed by atoms with Crippen molar-refractivity contribution in [2.24, 2.45) is 5.92 Å². The van der Waals surface area contributed by atoms with Gasteiger partial charge in [0.1, 0.15) is 22.9 Å². The maximum absolute atomic E-state index is 13.9. The number of carbonyl (C=O) groups excluding carboxylic acids is 2. The predicted octanol–water partition coefficient (Wildman–Crippen LogP) is 5.39. The van der Waals surface area contributed by atoms with Gasteiger partial charge in [-0.2, -0.15) is 0 Å². The fourth-order valence-electron chi connectivity index (χ4n) is 5.00. The Bertz CT molecular complexity index is 1570. The Labute approximate surface area is 233 Å². The first-order chi connectivity index (χ1) is 19.0. The highest BCUT2D eigenvalue weighted by Gasteiger charge is 2.61. The van der Waals surface area contributed by atoms with Crippen LogP contribution in [0.5, 0.6) is 5.75 Å². The second kappa shape index (κ2) is 10.3. The smallest absolute Gasteiger partial charge is 0.313 e. The summed E-state index contributed by atoms with van der Waals surface area (Å²) >= 11 is 7.80. The molecule has 198 valence electrons. The monoisotopic (exact) mass is 561 g/mol. The molecule has 0 radical (unpaired) electrons. The first-order valence-electron chi connectivity index (χ1n) is 12.6. The number of hydrogen-bond donors (Lipinski definition) is 0. The number of nitrogens with zero attached hydrogens (tertiary/aromatic N) is 3. The SMILES string of the molecule is CCCOc1ccc(N2C(=O)[C@@H]3[C@@H](ON(c4ccccc4)[C@H]3c3sc(=O)n(-c4ccccc4)c3Cl)C2=O)cc1. The number of halogens is 1. The average Bonchev–Trinajstić information content (AvgIpc) is 3.57. The minimum atomic E-state index is -1.07. The van der Waals surface area contributed by atoms with Gasteiger partial charge in [0.25, 0.3) is 5.91 Å². The minimum Gasteiger partial charge on any atom is -0.494 e. The normalized spacial score (nSPS) is 20.5. The zero-order valence-corrected chi connectivity index (χ0v) is 22.5.